The van der Waals surface area contributed by atoms with Crippen LogP contribution >= 0.6 is 0 Å². The molecule has 2 aromatic heterocycles. The molecule has 0 aliphatic rings. The van der Waals surface area contributed by atoms with E-state index in [2.05, 4.69) is 25.2 Å². The second kappa shape index (κ2) is 14.1. The zero-order valence-electron chi connectivity index (χ0n) is 24.7. The van der Waals surface area contributed by atoms with Crippen molar-refractivity contribution in [2.24, 2.45) is 0 Å². The van der Waals surface area contributed by atoms with Crippen LogP contribution in [0.15, 0.2) is 100 Å². The lowest BCUT2D eigenvalue weighted by Crippen LogP contribution is -2.43. The van der Waals surface area contributed by atoms with Crippen LogP contribution in [-0.2, 0) is 35.1 Å². The Morgan fingerprint density at radius 2 is 1.85 bits per heavy atom. The molecule has 242 valence electrons. The number of halogens is 2. The highest BCUT2D eigenvalue weighted by Crippen LogP contribution is 2.28. The summed E-state index contributed by atoms with van der Waals surface area (Å²) in [5.74, 6) is -2.02. The third kappa shape index (κ3) is 7.71. The maximum Gasteiger partial charge on any atom is 0.415 e. The van der Waals surface area contributed by atoms with E-state index in [0.29, 0.717) is 19.6 Å². The van der Waals surface area contributed by atoms with Crippen LogP contribution < -0.4 is 15.0 Å². The molecule has 0 bridgehead atoms. The van der Waals surface area contributed by atoms with Crippen LogP contribution in [0.4, 0.5) is 8.78 Å². The average molecular weight is 656 g/mol. The van der Waals surface area contributed by atoms with Crippen molar-refractivity contribution in [3.8, 4) is 5.88 Å². The highest BCUT2D eigenvalue weighted by Gasteiger charge is 2.36. The largest absolute Gasteiger partial charge is 0.453 e. The highest BCUT2D eigenvalue weighted by atomic mass is 32.2. The van der Waals surface area contributed by atoms with E-state index in [4.69, 9.17) is 4.74 Å². The fourth-order valence-electron chi connectivity index (χ4n) is 4.94. The monoisotopic (exact) mass is 655 g/mol. The van der Waals surface area contributed by atoms with Gasteiger partial charge in [-0.1, -0.05) is 48.5 Å². The molecule has 0 spiro atoms. The summed E-state index contributed by atoms with van der Waals surface area (Å²) in [6, 6.07) is 18.2. The Morgan fingerprint density at radius 1 is 1.11 bits per heavy atom. The summed E-state index contributed by atoms with van der Waals surface area (Å²) in [6.07, 6.45) is 2.72. The molecular formula is C30H31F2N7O6S. The van der Waals surface area contributed by atoms with Gasteiger partial charge in [-0.05, 0) is 41.3 Å². The number of aliphatic hydroxyl groups is 1. The van der Waals surface area contributed by atoms with Crippen molar-refractivity contribution in [3.63, 3.8) is 0 Å². The van der Waals surface area contributed by atoms with Crippen molar-refractivity contribution < 1.29 is 36.6 Å². The van der Waals surface area contributed by atoms with E-state index in [1.54, 1.807) is 13.1 Å². The van der Waals surface area contributed by atoms with Crippen molar-refractivity contribution in [2.75, 3.05) is 26.7 Å². The number of benzene rings is 3. The molecule has 0 radical (unpaired) electrons. The van der Waals surface area contributed by atoms with Gasteiger partial charge < -0.3 is 20.4 Å². The second-order valence-electron chi connectivity index (χ2n) is 10.6. The van der Waals surface area contributed by atoms with Gasteiger partial charge in [-0.15, -0.1) is 0 Å². The molecule has 3 aromatic carbocycles. The second-order valence-corrected chi connectivity index (χ2v) is 12.5. The number of likely N-dealkylation sites (N-methyl/N-ethyl adjacent to an activating group) is 1. The average Bonchev–Trinajstić information content (AvgIpc) is 3.67. The number of aromatic nitrogens is 5. The molecule has 1 atom stereocenters. The Morgan fingerprint density at radius 3 is 2.54 bits per heavy atom. The molecule has 5 rings (SSSR count). The number of nitrogens with one attached hydrogen (secondary N) is 1. The lowest BCUT2D eigenvalue weighted by Gasteiger charge is -2.33. The number of sulfone groups is 1. The van der Waals surface area contributed by atoms with Crippen LogP contribution in [0.1, 0.15) is 16.7 Å². The van der Waals surface area contributed by atoms with Gasteiger partial charge >= 0.3 is 10.9 Å². The minimum atomic E-state index is -4.20. The molecule has 0 saturated heterocycles. The molecule has 16 heteroatoms. The van der Waals surface area contributed by atoms with Crippen molar-refractivity contribution in [2.45, 2.75) is 35.2 Å². The first-order valence-electron chi connectivity index (χ1n) is 14.1. The summed E-state index contributed by atoms with van der Waals surface area (Å²) in [4.78, 5) is 5.42. The van der Waals surface area contributed by atoms with Gasteiger partial charge in [0.05, 0.1) is 16.6 Å². The molecule has 0 fully saturated rings. The molecule has 46 heavy (non-hydrogen) atoms. The Bertz CT molecular complexity index is 1840. The Kier molecular flexibility index (Phi) is 10.0. The first kappa shape index (κ1) is 32.6. The van der Waals surface area contributed by atoms with Gasteiger partial charge in [-0.2, -0.15) is 5.10 Å². The van der Waals surface area contributed by atoms with E-state index in [9.17, 15) is 27.5 Å². The molecule has 0 aliphatic carbocycles. The Balaban J connectivity index is 1.13. The maximum absolute atomic E-state index is 14.7. The third-order valence-electron chi connectivity index (χ3n) is 7.03. The van der Waals surface area contributed by atoms with Crippen LogP contribution in [0.5, 0.6) is 5.88 Å². The van der Waals surface area contributed by atoms with Gasteiger partial charge in [0.2, 0.25) is 0 Å². The molecule has 5 aromatic rings. The molecule has 2 N–H and O–H groups in total. The highest BCUT2D eigenvalue weighted by molar-refractivity contribution is 7.91. The van der Waals surface area contributed by atoms with E-state index in [1.807, 2.05) is 29.2 Å². The number of nitrogens with zero attached hydrogens (tertiary/aromatic N) is 6. The molecule has 2 heterocycles. The van der Waals surface area contributed by atoms with Crippen molar-refractivity contribution in [1.29, 1.82) is 0 Å². The molecule has 0 saturated carbocycles. The van der Waals surface area contributed by atoms with E-state index in [-0.39, 0.29) is 35.1 Å². The number of ether oxygens (including phenoxy) is 1. The fraction of sp³-hybridized carbons (Fsp3) is 0.267. The summed E-state index contributed by atoms with van der Waals surface area (Å²) in [6.45, 7) is 1.15. The smallest absolute Gasteiger partial charge is 0.415 e. The van der Waals surface area contributed by atoms with Crippen molar-refractivity contribution in [3.05, 3.63) is 119 Å². The van der Waals surface area contributed by atoms with Crippen LogP contribution in [0, 0.1) is 16.8 Å². The van der Waals surface area contributed by atoms with Gasteiger partial charge in [-0.25, -0.2) is 26.9 Å². The minimum absolute atomic E-state index is 0.0128. The zero-order chi connectivity index (χ0) is 32.7. The van der Waals surface area contributed by atoms with E-state index < -0.39 is 38.0 Å². The van der Waals surface area contributed by atoms with Crippen LogP contribution in [0.3, 0.4) is 0 Å². The molecule has 13 nitrogen and oxygen atoms in total. The predicted molar refractivity (Wildman–Crippen MR) is 158 cm³/mol. The molecule has 0 amide bonds. The first-order valence-corrected chi connectivity index (χ1v) is 15.5. The van der Waals surface area contributed by atoms with Gasteiger partial charge in [0.15, 0.2) is 0 Å². The standard InChI is InChI=1S/C30H31F2N7O6S/c1-37(18-30(40,19-38-21-34-20-35-38)26-12-11-24(31)15-27(26)32)17-23-9-7-22(8-10-23)16-33-13-14-44-28-29(39(41)45-36-28)46(42,43)25-5-3-2-4-6-25/h2-12,15,20-21,33,40H,13-14,16-19H2,1H3. The quantitative estimate of drug-likeness (QED) is 0.126. The molecular weight excluding hydrogens is 624 g/mol. The third-order valence-corrected chi connectivity index (χ3v) is 8.76. The van der Waals surface area contributed by atoms with Gasteiger partial charge in [0.25, 0.3) is 9.84 Å². The Hall–Kier alpha value is -4.77. The SMILES string of the molecule is CN(Cc1ccc(CNCCOc2no[n+]([O-])c2S(=O)(=O)c2ccccc2)cc1)CC(O)(Cn1cncn1)c1ccc(F)cc1F. The topological polar surface area (TPSA) is 163 Å². The lowest BCUT2D eigenvalue weighted by atomic mass is 9.92. The molecule has 0 aliphatic heterocycles. The summed E-state index contributed by atoms with van der Waals surface area (Å²) in [5, 5.41) is 33.5. The summed E-state index contributed by atoms with van der Waals surface area (Å²) < 4.78 is 65.4. The number of rotatable bonds is 15. The van der Waals surface area contributed by atoms with E-state index in [1.165, 1.54) is 47.7 Å². The number of hydrogen-bond donors (Lipinski definition) is 2. The van der Waals surface area contributed by atoms with Crippen molar-refractivity contribution >= 4 is 9.84 Å². The minimum Gasteiger partial charge on any atom is -0.453 e. The fourth-order valence-corrected chi connectivity index (χ4v) is 6.23. The maximum atomic E-state index is 14.7. The first-order chi connectivity index (χ1) is 22.0. The zero-order valence-corrected chi connectivity index (χ0v) is 25.5. The van der Waals surface area contributed by atoms with Crippen LogP contribution in [0.2, 0.25) is 0 Å². The van der Waals surface area contributed by atoms with Crippen molar-refractivity contribution in [1.82, 2.24) is 30.1 Å². The summed E-state index contributed by atoms with van der Waals surface area (Å²) in [5.41, 5.74) is 0.111. The van der Waals surface area contributed by atoms with Gasteiger partial charge in [-0.3, -0.25) is 9.53 Å². The van der Waals surface area contributed by atoms with Crippen LogP contribution in [-0.4, -0.2) is 65.1 Å². The summed E-state index contributed by atoms with van der Waals surface area (Å²) in [7, 11) is -2.42. The van der Waals surface area contributed by atoms with Gasteiger partial charge in [0, 0.05) is 37.8 Å². The van der Waals surface area contributed by atoms with E-state index in [0.717, 1.165) is 23.3 Å². The lowest BCUT2D eigenvalue weighted by molar-refractivity contribution is -0.832. The predicted octanol–water partition coefficient (Wildman–Crippen LogP) is 2.20. The van der Waals surface area contributed by atoms with Gasteiger partial charge in [0.1, 0.15) is 36.5 Å². The normalized spacial score (nSPS) is 13.2. The Labute approximate surface area is 263 Å². The molecule has 1 unspecified atom stereocenters. The van der Waals surface area contributed by atoms with E-state index >= 15 is 0 Å². The number of hydrogen-bond acceptors (Lipinski definition) is 11. The summed E-state index contributed by atoms with van der Waals surface area (Å²) >= 11 is 0. The van der Waals surface area contributed by atoms with Crippen LogP contribution in [0.25, 0.3) is 0 Å².